The van der Waals surface area contributed by atoms with Crippen LogP contribution < -0.4 is 5.32 Å². The molecule has 2 unspecified atom stereocenters. The van der Waals surface area contributed by atoms with Crippen molar-refractivity contribution in [3.05, 3.63) is 35.9 Å². The van der Waals surface area contributed by atoms with Gasteiger partial charge in [-0.2, -0.15) is 0 Å². The van der Waals surface area contributed by atoms with Crippen LogP contribution in [0.15, 0.2) is 30.3 Å². The molecular formula is C16H24N2. The number of rotatable bonds is 4. The molecule has 2 saturated heterocycles. The molecule has 2 bridgehead atoms. The third-order valence-corrected chi connectivity index (χ3v) is 4.60. The van der Waals surface area contributed by atoms with Gasteiger partial charge >= 0.3 is 0 Å². The zero-order chi connectivity index (χ0) is 12.4. The highest BCUT2D eigenvalue weighted by molar-refractivity contribution is 5.14. The van der Waals surface area contributed by atoms with Crippen LogP contribution in [0.1, 0.15) is 38.2 Å². The van der Waals surface area contributed by atoms with E-state index in [0.29, 0.717) is 0 Å². The second kappa shape index (κ2) is 5.41. The Balaban J connectivity index is 1.65. The lowest BCUT2D eigenvalue weighted by Crippen LogP contribution is -2.47. The molecule has 3 rings (SSSR count). The van der Waals surface area contributed by atoms with Crippen molar-refractivity contribution in [2.75, 3.05) is 6.54 Å². The Morgan fingerprint density at radius 2 is 1.78 bits per heavy atom. The first-order chi connectivity index (χ1) is 8.85. The van der Waals surface area contributed by atoms with Gasteiger partial charge in [0.15, 0.2) is 0 Å². The van der Waals surface area contributed by atoms with Gasteiger partial charge in [-0.1, -0.05) is 37.3 Å². The molecule has 2 fully saturated rings. The van der Waals surface area contributed by atoms with Crippen LogP contribution in [0.25, 0.3) is 0 Å². The Morgan fingerprint density at radius 3 is 2.39 bits per heavy atom. The number of nitrogens with one attached hydrogen (secondary N) is 1. The molecule has 0 radical (unpaired) electrons. The maximum absolute atomic E-state index is 3.74. The molecule has 1 aromatic carbocycles. The average molecular weight is 244 g/mol. The zero-order valence-electron chi connectivity index (χ0n) is 11.3. The minimum absolute atomic E-state index is 0.786. The number of hydrogen-bond donors (Lipinski definition) is 1. The fourth-order valence-electron chi connectivity index (χ4n) is 3.64. The molecule has 0 spiro atoms. The Kier molecular flexibility index (Phi) is 3.67. The third kappa shape index (κ3) is 2.60. The van der Waals surface area contributed by atoms with E-state index in [1.54, 1.807) is 0 Å². The highest BCUT2D eigenvalue weighted by atomic mass is 15.2. The maximum atomic E-state index is 3.74. The number of nitrogens with zero attached hydrogens (tertiary/aromatic N) is 1. The van der Waals surface area contributed by atoms with Crippen molar-refractivity contribution in [3.63, 3.8) is 0 Å². The van der Waals surface area contributed by atoms with E-state index in [1.807, 2.05) is 0 Å². The third-order valence-electron chi connectivity index (χ3n) is 4.60. The highest BCUT2D eigenvalue weighted by Gasteiger charge is 2.35. The molecule has 2 aliphatic heterocycles. The summed E-state index contributed by atoms with van der Waals surface area (Å²) in [6.45, 7) is 4.58. The summed E-state index contributed by atoms with van der Waals surface area (Å²) in [5.74, 6) is 0. The van der Waals surface area contributed by atoms with Crippen LogP contribution in [0.2, 0.25) is 0 Å². The molecule has 1 N–H and O–H groups in total. The van der Waals surface area contributed by atoms with Crippen molar-refractivity contribution in [2.45, 2.75) is 57.3 Å². The van der Waals surface area contributed by atoms with E-state index in [0.717, 1.165) is 24.7 Å². The van der Waals surface area contributed by atoms with Crippen molar-refractivity contribution < 1.29 is 0 Å². The second-order valence-corrected chi connectivity index (χ2v) is 5.81. The lowest BCUT2D eigenvalue weighted by Gasteiger charge is -2.37. The molecule has 98 valence electrons. The monoisotopic (exact) mass is 244 g/mol. The van der Waals surface area contributed by atoms with Gasteiger partial charge in [-0.05, 0) is 37.8 Å². The molecule has 18 heavy (non-hydrogen) atoms. The Labute approximate surface area is 110 Å². The van der Waals surface area contributed by atoms with Gasteiger partial charge in [0.1, 0.15) is 0 Å². The summed E-state index contributed by atoms with van der Waals surface area (Å²) < 4.78 is 0. The van der Waals surface area contributed by atoms with Gasteiger partial charge < -0.3 is 5.32 Å². The van der Waals surface area contributed by atoms with Gasteiger partial charge in [0.05, 0.1) is 0 Å². The lowest BCUT2D eigenvalue weighted by molar-refractivity contribution is 0.141. The number of hydrogen-bond acceptors (Lipinski definition) is 2. The quantitative estimate of drug-likeness (QED) is 0.876. The molecule has 2 atom stereocenters. The van der Waals surface area contributed by atoms with E-state index < -0.39 is 0 Å². The summed E-state index contributed by atoms with van der Waals surface area (Å²) in [5.41, 5.74) is 1.45. The van der Waals surface area contributed by atoms with Crippen molar-refractivity contribution in [3.8, 4) is 0 Å². The zero-order valence-corrected chi connectivity index (χ0v) is 11.3. The van der Waals surface area contributed by atoms with Gasteiger partial charge in [-0.3, -0.25) is 4.90 Å². The van der Waals surface area contributed by atoms with Crippen LogP contribution in [0.4, 0.5) is 0 Å². The van der Waals surface area contributed by atoms with Crippen LogP contribution >= 0.6 is 0 Å². The lowest BCUT2D eigenvalue weighted by atomic mass is 9.97. The molecule has 1 aromatic rings. The van der Waals surface area contributed by atoms with Crippen molar-refractivity contribution >= 4 is 0 Å². The molecule has 2 heteroatoms. The van der Waals surface area contributed by atoms with Crippen LogP contribution in [0.5, 0.6) is 0 Å². The van der Waals surface area contributed by atoms with Crippen molar-refractivity contribution in [2.24, 2.45) is 0 Å². The SMILES string of the molecule is CCN(Cc1ccccc1)C1CC2CCC(C1)N2. The first-order valence-corrected chi connectivity index (χ1v) is 7.39. The first-order valence-electron chi connectivity index (χ1n) is 7.39. The van der Waals surface area contributed by atoms with Crippen LogP contribution in [0.3, 0.4) is 0 Å². The number of piperidine rings is 1. The fraction of sp³-hybridized carbons (Fsp3) is 0.625. The van der Waals surface area contributed by atoms with Gasteiger partial charge in [-0.25, -0.2) is 0 Å². The molecule has 2 heterocycles. The highest BCUT2D eigenvalue weighted by Crippen LogP contribution is 2.30. The van der Waals surface area contributed by atoms with E-state index >= 15 is 0 Å². The van der Waals surface area contributed by atoms with Gasteiger partial charge in [0.2, 0.25) is 0 Å². The normalized spacial score (nSPS) is 30.9. The van der Waals surface area contributed by atoms with E-state index in [9.17, 15) is 0 Å². The van der Waals surface area contributed by atoms with E-state index in [-0.39, 0.29) is 0 Å². The van der Waals surface area contributed by atoms with Crippen molar-refractivity contribution in [1.29, 1.82) is 0 Å². The largest absolute Gasteiger partial charge is 0.311 e. The van der Waals surface area contributed by atoms with Crippen LogP contribution in [-0.2, 0) is 6.54 Å². The topological polar surface area (TPSA) is 15.3 Å². The van der Waals surface area contributed by atoms with Gasteiger partial charge in [0.25, 0.3) is 0 Å². The van der Waals surface area contributed by atoms with Gasteiger partial charge in [0, 0.05) is 24.7 Å². The predicted molar refractivity (Wildman–Crippen MR) is 75.5 cm³/mol. The molecule has 0 aromatic heterocycles. The van der Waals surface area contributed by atoms with Crippen LogP contribution in [0, 0.1) is 0 Å². The van der Waals surface area contributed by atoms with Crippen molar-refractivity contribution in [1.82, 2.24) is 10.2 Å². The minimum atomic E-state index is 0.786. The molecule has 0 saturated carbocycles. The molecule has 2 aliphatic rings. The molecular weight excluding hydrogens is 220 g/mol. The minimum Gasteiger partial charge on any atom is -0.311 e. The Morgan fingerprint density at radius 1 is 1.11 bits per heavy atom. The summed E-state index contributed by atoms with van der Waals surface area (Å²) in [6.07, 6.45) is 5.47. The Hall–Kier alpha value is -0.860. The second-order valence-electron chi connectivity index (χ2n) is 5.81. The van der Waals surface area contributed by atoms with E-state index in [1.165, 1.54) is 37.8 Å². The van der Waals surface area contributed by atoms with E-state index in [2.05, 4.69) is 47.5 Å². The predicted octanol–water partition coefficient (Wildman–Crippen LogP) is 2.79. The first kappa shape index (κ1) is 12.2. The standard InChI is InChI=1S/C16H24N2/c1-2-18(12-13-6-4-3-5-7-13)16-10-14-8-9-15(11-16)17-14/h3-7,14-17H,2,8-12H2,1H3. The molecule has 0 aliphatic carbocycles. The summed E-state index contributed by atoms with van der Waals surface area (Å²) >= 11 is 0. The summed E-state index contributed by atoms with van der Waals surface area (Å²) in [5, 5.41) is 3.74. The number of benzene rings is 1. The summed E-state index contributed by atoms with van der Waals surface area (Å²) in [7, 11) is 0. The van der Waals surface area contributed by atoms with E-state index in [4.69, 9.17) is 0 Å². The number of fused-ring (bicyclic) bond motifs is 2. The summed E-state index contributed by atoms with van der Waals surface area (Å²) in [4.78, 5) is 2.67. The van der Waals surface area contributed by atoms with Gasteiger partial charge in [-0.15, -0.1) is 0 Å². The molecule has 2 nitrogen and oxygen atoms in total. The summed E-state index contributed by atoms with van der Waals surface area (Å²) in [6, 6.07) is 13.3. The smallest absolute Gasteiger partial charge is 0.0236 e. The van der Waals surface area contributed by atoms with Crippen LogP contribution in [-0.4, -0.2) is 29.6 Å². The Bertz CT molecular complexity index is 364. The molecule has 0 amide bonds. The average Bonchev–Trinajstić information content (AvgIpc) is 2.76. The maximum Gasteiger partial charge on any atom is 0.0236 e. The fourth-order valence-corrected chi connectivity index (χ4v) is 3.64.